The average molecular weight is 202 g/mol. The van der Waals surface area contributed by atoms with Crippen molar-refractivity contribution in [1.82, 2.24) is 0 Å². The van der Waals surface area contributed by atoms with E-state index in [4.69, 9.17) is 0 Å². The highest BCUT2D eigenvalue weighted by molar-refractivity contribution is 7.80. The van der Waals surface area contributed by atoms with Gasteiger partial charge in [0.1, 0.15) is 0 Å². The summed E-state index contributed by atoms with van der Waals surface area (Å²) in [7, 11) is 0. The van der Waals surface area contributed by atoms with Crippen LogP contribution in [-0.2, 0) is 0 Å². The third-order valence-electron chi connectivity index (χ3n) is 1.63. The van der Waals surface area contributed by atoms with Crippen molar-refractivity contribution in [2.24, 2.45) is 0 Å². The number of thiol groups is 1. The maximum atomic E-state index is 12.9. The molecule has 2 aromatic rings. The first-order valence-electron chi connectivity index (χ1n) is 3.24. The van der Waals surface area contributed by atoms with Gasteiger partial charge in [0.25, 0.3) is 0 Å². The molecule has 0 N–H and O–H groups in total. The highest BCUT2D eigenvalue weighted by Crippen LogP contribution is 2.30. The maximum Gasteiger partial charge on any atom is 0.172 e. The largest absolute Gasteiger partial charge is 0.204 e. The predicted octanol–water partition coefficient (Wildman–Crippen LogP) is 3.47. The monoisotopic (exact) mass is 202 g/mol. The third kappa shape index (κ3) is 1.03. The predicted molar refractivity (Wildman–Crippen MR) is 49.0 cm³/mol. The lowest BCUT2D eigenvalue weighted by atomic mass is 10.2. The zero-order chi connectivity index (χ0) is 8.72. The van der Waals surface area contributed by atoms with Crippen molar-refractivity contribution in [3.05, 3.63) is 29.1 Å². The molecule has 2 rings (SSSR count). The van der Waals surface area contributed by atoms with E-state index >= 15 is 0 Å². The first-order valence-corrected chi connectivity index (χ1v) is 4.57. The van der Waals surface area contributed by atoms with Crippen LogP contribution in [-0.4, -0.2) is 0 Å². The zero-order valence-corrected chi connectivity index (χ0v) is 7.55. The van der Waals surface area contributed by atoms with E-state index < -0.39 is 11.6 Å². The molecule has 0 nitrogen and oxygen atoms in total. The second-order valence-corrected chi connectivity index (χ2v) is 3.75. The van der Waals surface area contributed by atoms with Crippen molar-refractivity contribution in [3.8, 4) is 0 Å². The van der Waals surface area contributed by atoms with Gasteiger partial charge >= 0.3 is 0 Å². The molecule has 4 heteroatoms. The van der Waals surface area contributed by atoms with Crippen LogP contribution in [0.4, 0.5) is 8.78 Å². The molecule has 0 atom stereocenters. The topological polar surface area (TPSA) is 0 Å². The van der Waals surface area contributed by atoms with Crippen LogP contribution in [0.15, 0.2) is 22.4 Å². The summed E-state index contributed by atoms with van der Waals surface area (Å²) < 4.78 is 26.4. The molecule has 0 aliphatic rings. The Morgan fingerprint density at radius 2 is 2.08 bits per heavy atom. The fraction of sp³-hybridized carbons (Fsp3) is 0. The SMILES string of the molecule is Fc1cc2sccc2c(S)c1F. The lowest BCUT2D eigenvalue weighted by Crippen LogP contribution is -1.84. The van der Waals surface area contributed by atoms with Gasteiger partial charge in [-0.05, 0) is 17.5 Å². The fourth-order valence-corrected chi connectivity index (χ4v) is 2.23. The summed E-state index contributed by atoms with van der Waals surface area (Å²) in [6.45, 7) is 0. The summed E-state index contributed by atoms with van der Waals surface area (Å²) in [5, 5.41) is 2.45. The van der Waals surface area contributed by atoms with Gasteiger partial charge in [0, 0.05) is 10.1 Å². The summed E-state index contributed by atoms with van der Waals surface area (Å²) in [6, 6.07) is 2.92. The first kappa shape index (κ1) is 8.01. The van der Waals surface area contributed by atoms with E-state index in [-0.39, 0.29) is 4.90 Å². The minimum atomic E-state index is -0.871. The smallest absolute Gasteiger partial charge is 0.172 e. The van der Waals surface area contributed by atoms with Crippen molar-refractivity contribution < 1.29 is 8.78 Å². The molecule has 0 saturated heterocycles. The molecule has 0 aliphatic carbocycles. The molecule has 62 valence electrons. The summed E-state index contributed by atoms with van der Waals surface area (Å²) >= 11 is 5.26. The molecule has 0 spiro atoms. The molecule has 12 heavy (non-hydrogen) atoms. The van der Waals surface area contributed by atoms with Crippen molar-refractivity contribution >= 4 is 34.1 Å². The summed E-state index contributed by atoms with van der Waals surface area (Å²) in [4.78, 5) is 0.0891. The molecule has 0 unspecified atom stereocenters. The van der Waals surface area contributed by atoms with Crippen molar-refractivity contribution in [2.45, 2.75) is 4.90 Å². The molecular formula is C8H4F2S2. The van der Waals surface area contributed by atoms with Gasteiger partial charge in [0.05, 0.1) is 4.90 Å². The Morgan fingerprint density at radius 1 is 1.33 bits per heavy atom. The number of halogens is 2. The second kappa shape index (κ2) is 2.71. The van der Waals surface area contributed by atoms with E-state index in [1.807, 2.05) is 0 Å². The molecular weight excluding hydrogens is 198 g/mol. The lowest BCUT2D eigenvalue weighted by Gasteiger charge is -1.98. The first-order chi connectivity index (χ1) is 5.70. The molecule has 0 aliphatic heterocycles. The quantitative estimate of drug-likeness (QED) is 0.621. The molecule has 1 heterocycles. The molecule has 0 saturated carbocycles. The van der Waals surface area contributed by atoms with Crippen LogP contribution in [0.1, 0.15) is 0 Å². The van der Waals surface area contributed by atoms with E-state index in [2.05, 4.69) is 12.6 Å². The van der Waals surface area contributed by atoms with E-state index in [1.165, 1.54) is 17.4 Å². The minimum Gasteiger partial charge on any atom is -0.204 e. The summed E-state index contributed by atoms with van der Waals surface area (Å²) in [5.74, 6) is -1.71. The number of fused-ring (bicyclic) bond motifs is 1. The Balaban J connectivity index is 2.94. The normalized spacial score (nSPS) is 10.9. The Bertz CT molecular complexity index is 434. The molecule has 0 radical (unpaired) electrons. The zero-order valence-electron chi connectivity index (χ0n) is 5.84. The Morgan fingerprint density at radius 3 is 2.83 bits per heavy atom. The van der Waals surface area contributed by atoms with Gasteiger partial charge in [0.2, 0.25) is 0 Å². The average Bonchev–Trinajstić information content (AvgIpc) is 2.48. The van der Waals surface area contributed by atoms with Crippen LogP contribution in [0.25, 0.3) is 10.1 Å². The number of benzene rings is 1. The van der Waals surface area contributed by atoms with Crippen molar-refractivity contribution in [2.75, 3.05) is 0 Å². The van der Waals surface area contributed by atoms with Gasteiger partial charge in [-0.2, -0.15) is 0 Å². The standard InChI is InChI=1S/C8H4F2S2/c9-5-3-6-4(1-2-12-6)8(11)7(5)10/h1-3,11H. The van der Waals surface area contributed by atoms with E-state index in [0.717, 1.165) is 4.70 Å². The fourth-order valence-electron chi connectivity index (χ4n) is 1.04. The van der Waals surface area contributed by atoms with Crippen molar-refractivity contribution in [3.63, 3.8) is 0 Å². The second-order valence-electron chi connectivity index (χ2n) is 2.35. The summed E-state index contributed by atoms with van der Waals surface area (Å²) in [5.41, 5.74) is 0. The van der Waals surface area contributed by atoms with Gasteiger partial charge in [0.15, 0.2) is 11.6 Å². The molecule has 1 aromatic carbocycles. The lowest BCUT2D eigenvalue weighted by molar-refractivity contribution is 0.495. The van der Waals surface area contributed by atoms with Crippen LogP contribution < -0.4 is 0 Å². The Kier molecular flexibility index (Phi) is 1.81. The molecule has 0 fully saturated rings. The molecule has 1 aromatic heterocycles. The molecule has 0 bridgehead atoms. The van der Waals surface area contributed by atoms with Crippen molar-refractivity contribution in [1.29, 1.82) is 0 Å². The Hall–Kier alpha value is -0.610. The highest BCUT2D eigenvalue weighted by Gasteiger charge is 2.10. The van der Waals surface area contributed by atoms with Gasteiger partial charge < -0.3 is 0 Å². The van der Waals surface area contributed by atoms with Crippen LogP contribution in [0.3, 0.4) is 0 Å². The third-order valence-corrected chi connectivity index (χ3v) is 2.93. The van der Waals surface area contributed by atoms with Gasteiger partial charge in [-0.25, -0.2) is 8.78 Å². The maximum absolute atomic E-state index is 12.9. The number of rotatable bonds is 0. The van der Waals surface area contributed by atoms with Gasteiger partial charge in [-0.15, -0.1) is 24.0 Å². The van der Waals surface area contributed by atoms with Gasteiger partial charge in [-0.3, -0.25) is 0 Å². The van der Waals surface area contributed by atoms with Gasteiger partial charge in [-0.1, -0.05) is 0 Å². The Labute approximate surface area is 77.2 Å². The minimum absolute atomic E-state index is 0.0891. The number of hydrogen-bond donors (Lipinski definition) is 1. The van der Waals surface area contributed by atoms with Crippen LogP contribution in [0, 0.1) is 11.6 Å². The highest BCUT2D eigenvalue weighted by atomic mass is 32.1. The number of thiophene rings is 1. The summed E-state index contributed by atoms with van der Waals surface area (Å²) in [6.07, 6.45) is 0. The molecule has 0 amide bonds. The van der Waals surface area contributed by atoms with Crippen LogP contribution in [0.2, 0.25) is 0 Å². The van der Waals surface area contributed by atoms with E-state index in [0.29, 0.717) is 5.39 Å². The van der Waals surface area contributed by atoms with E-state index in [1.54, 1.807) is 11.4 Å². The van der Waals surface area contributed by atoms with E-state index in [9.17, 15) is 8.78 Å². The van der Waals surface area contributed by atoms with Crippen LogP contribution in [0.5, 0.6) is 0 Å². The van der Waals surface area contributed by atoms with Crippen LogP contribution >= 0.6 is 24.0 Å². The number of hydrogen-bond acceptors (Lipinski definition) is 2.